The molecule has 3 heteroatoms. The number of imide groups is 1. The lowest BCUT2D eigenvalue weighted by molar-refractivity contribution is -0.142. The highest BCUT2D eigenvalue weighted by Gasteiger charge is 2.62. The Balaban J connectivity index is 1.57. The third kappa shape index (κ3) is 1.64. The minimum absolute atomic E-state index is 0.0188. The minimum Gasteiger partial charge on any atom is -0.279 e. The summed E-state index contributed by atoms with van der Waals surface area (Å²) in [5, 5.41) is 0. The van der Waals surface area contributed by atoms with Crippen LogP contribution in [0.15, 0.2) is 48.5 Å². The zero-order valence-electron chi connectivity index (χ0n) is 14.8. The summed E-state index contributed by atoms with van der Waals surface area (Å²) < 4.78 is 0. The summed E-state index contributed by atoms with van der Waals surface area (Å²) in [6.45, 7) is 2.06. The average molecular weight is 343 g/mol. The van der Waals surface area contributed by atoms with Crippen molar-refractivity contribution in [2.75, 3.05) is 0 Å². The number of carbonyl (C=O) groups is 2. The molecule has 26 heavy (non-hydrogen) atoms. The zero-order valence-corrected chi connectivity index (χ0v) is 14.8. The van der Waals surface area contributed by atoms with Crippen molar-refractivity contribution in [3.8, 4) is 0 Å². The smallest absolute Gasteiger partial charge is 0.234 e. The van der Waals surface area contributed by atoms with Crippen LogP contribution in [0.2, 0.25) is 0 Å². The van der Waals surface area contributed by atoms with Gasteiger partial charge in [0, 0.05) is 17.9 Å². The van der Waals surface area contributed by atoms with Crippen LogP contribution in [0.3, 0.4) is 0 Å². The minimum atomic E-state index is -0.224. The van der Waals surface area contributed by atoms with Crippen LogP contribution in [0.5, 0.6) is 0 Å². The monoisotopic (exact) mass is 343 g/mol. The van der Waals surface area contributed by atoms with E-state index in [4.69, 9.17) is 0 Å². The maximum absolute atomic E-state index is 13.4. The third-order valence-electron chi connectivity index (χ3n) is 7.19. The van der Waals surface area contributed by atoms with Crippen molar-refractivity contribution in [1.29, 1.82) is 0 Å². The molecule has 0 radical (unpaired) electrons. The molecule has 2 amide bonds. The van der Waals surface area contributed by atoms with Gasteiger partial charge in [0.1, 0.15) is 0 Å². The fourth-order valence-electron chi connectivity index (χ4n) is 5.89. The summed E-state index contributed by atoms with van der Waals surface area (Å²) in [5.41, 5.74) is 5.00. The number of nitrogens with zero attached hydrogens (tertiary/aromatic N) is 1. The standard InChI is InChI=1S/C23H21NO2/c1-12(13-10-11-13)24-22(25)20-18-14-6-2-3-7-15(14)19(21(20)23(24)26)17-9-5-4-8-16(17)18/h2-9,12-13,18-21H,10-11H2,1H3. The molecule has 2 fully saturated rings. The first-order chi connectivity index (χ1) is 12.7. The lowest BCUT2D eigenvalue weighted by Crippen LogP contribution is -2.41. The lowest BCUT2D eigenvalue weighted by Gasteiger charge is -2.45. The van der Waals surface area contributed by atoms with Gasteiger partial charge in [-0.2, -0.15) is 0 Å². The number of amides is 2. The fourth-order valence-corrected chi connectivity index (χ4v) is 5.89. The second-order valence-corrected chi connectivity index (χ2v) is 8.39. The number of carbonyl (C=O) groups excluding carboxylic acids is 2. The Morgan fingerprint density at radius 2 is 1.15 bits per heavy atom. The Hall–Kier alpha value is -2.42. The molecule has 0 aromatic heterocycles. The molecule has 3 atom stereocenters. The van der Waals surface area contributed by atoms with Gasteiger partial charge in [-0.05, 0) is 47.9 Å². The summed E-state index contributed by atoms with van der Waals surface area (Å²) in [4.78, 5) is 28.5. The molecule has 2 aromatic rings. The van der Waals surface area contributed by atoms with Gasteiger partial charge in [-0.15, -0.1) is 0 Å². The van der Waals surface area contributed by atoms with Gasteiger partial charge in [-0.1, -0.05) is 48.5 Å². The Morgan fingerprint density at radius 1 is 0.769 bits per heavy atom. The molecule has 2 bridgehead atoms. The van der Waals surface area contributed by atoms with E-state index in [0.717, 1.165) is 12.8 Å². The van der Waals surface area contributed by atoms with E-state index in [-0.39, 0.29) is 41.5 Å². The molecule has 2 aromatic carbocycles. The number of rotatable bonds is 2. The van der Waals surface area contributed by atoms with Crippen molar-refractivity contribution in [3.63, 3.8) is 0 Å². The summed E-state index contributed by atoms with van der Waals surface area (Å²) in [6, 6.07) is 16.9. The quantitative estimate of drug-likeness (QED) is 0.780. The normalized spacial score (nSPS) is 32.3. The largest absolute Gasteiger partial charge is 0.279 e. The molecule has 0 spiro atoms. The van der Waals surface area contributed by atoms with Gasteiger partial charge in [-0.25, -0.2) is 0 Å². The molecule has 3 unspecified atom stereocenters. The van der Waals surface area contributed by atoms with Crippen LogP contribution in [0.25, 0.3) is 0 Å². The Morgan fingerprint density at radius 3 is 1.50 bits per heavy atom. The summed E-state index contributed by atoms with van der Waals surface area (Å²) in [6.07, 6.45) is 2.28. The molecule has 4 aliphatic carbocycles. The van der Waals surface area contributed by atoms with Gasteiger partial charge in [0.2, 0.25) is 11.8 Å². The Bertz CT molecular complexity index is 845. The average Bonchev–Trinajstić information content (AvgIpc) is 3.49. The maximum Gasteiger partial charge on any atom is 0.234 e. The third-order valence-corrected chi connectivity index (χ3v) is 7.19. The predicted octanol–water partition coefficient (Wildman–Crippen LogP) is 3.68. The van der Waals surface area contributed by atoms with Gasteiger partial charge in [0.25, 0.3) is 0 Å². The predicted molar refractivity (Wildman–Crippen MR) is 97.6 cm³/mol. The summed E-state index contributed by atoms with van der Waals surface area (Å²) in [5.74, 6) is 0.231. The molecule has 3 nitrogen and oxygen atoms in total. The van der Waals surface area contributed by atoms with Crippen LogP contribution < -0.4 is 0 Å². The van der Waals surface area contributed by atoms with E-state index in [2.05, 4.69) is 55.5 Å². The molecular weight excluding hydrogens is 322 g/mol. The maximum atomic E-state index is 13.4. The van der Waals surface area contributed by atoms with Crippen molar-refractivity contribution >= 4 is 11.8 Å². The van der Waals surface area contributed by atoms with Crippen LogP contribution >= 0.6 is 0 Å². The van der Waals surface area contributed by atoms with Crippen LogP contribution in [-0.4, -0.2) is 22.8 Å². The number of benzene rings is 2. The van der Waals surface area contributed by atoms with Crippen molar-refractivity contribution in [2.45, 2.75) is 37.6 Å². The van der Waals surface area contributed by atoms with Gasteiger partial charge in [-0.3, -0.25) is 14.5 Å². The molecular formula is C23H21NO2. The molecule has 1 saturated heterocycles. The van der Waals surface area contributed by atoms with Gasteiger partial charge in [0.05, 0.1) is 11.8 Å². The van der Waals surface area contributed by atoms with E-state index in [1.165, 1.54) is 22.3 Å². The van der Waals surface area contributed by atoms with Crippen molar-refractivity contribution in [3.05, 3.63) is 70.8 Å². The number of likely N-dealkylation sites (tertiary alicyclic amines) is 1. The Labute approximate surface area is 153 Å². The van der Waals surface area contributed by atoms with E-state index in [0.29, 0.717) is 5.92 Å². The van der Waals surface area contributed by atoms with Gasteiger partial charge in [0.15, 0.2) is 0 Å². The molecule has 0 N–H and O–H groups in total. The summed E-state index contributed by atoms with van der Waals surface area (Å²) in [7, 11) is 0. The summed E-state index contributed by atoms with van der Waals surface area (Å²) >= 11 is 0. The van der Waals surface area contributed by atoms with E-state index in [9.17, 15) is 9.59 Å². The first-order valence-corrected chi connectivity index (χ1v) is 9.73. The highest BCUT2D eigenvalue weighted by Crippen LogP contribution is 2.61. The first kappa shape index (κ1) is 14.7. The molecule has 130 valence electrons. The second kappa shape index (κ2) is 4.85. The van der Waals surface area contributed by atoms with E-state index < -0.39 is 0 Å². The second-order valence-electron chi connectivity index (χ2n) is 8.39. The van der Waals surface area contributed by atoms with Crippen LogP contribution in [0.1, 0.15) is 53.9 Å². The van der Waals surface area contributed by atoms with Crippen molar-refractivity contribution in [2.24, 2.45) is 17.8 Å². The fraction of sp³-hybridized carbons (Fsp3) is 0.391. The van der Waals surface area contributed by atoms with E-state index in [1.807, 2.05) is 0 Å². The highest BCUT2D eigenvalue weighted by molar-refractivity contribution is 6.08. The zero-order chi connectivity index (χ0) is 17.6. The molecule has 5 aliphatic rings. The van der Waals surface area contributed by atoms with Crippen molar-refractivity contribution in [1.82, 2.24) is 4.90 Å². The molecule has 1 aliphatic heterocycles. The number of hydrogen-bond acceptors (Lipinski definition) is 2. The van der Waals surface area contributed by atoms with Gasteiger partial charge >= 0.3 is 0 Å². The topological polar surface area (TPSA) is 37.4 Å². The van der Waals surface area contributed by atoms with Crippen LogP contribution in [0, 0.1) is 17.8 Å². The number of hydrogen-bond donors (Lipinski definition) is 0. The molecule has 1 saturated carbocycles. The van der Waals surface area contributed by atoms with Crippen LogP contribution in [0.4, 0.5) is 0 Å². The Kier molecular flexibility index (Phi) is 2.74. The van der Waals surface area contributed by atoms with Gasteiger partial charge < -0.3 is 0 Å². The lowest BCUT2D eigenvalue weighted by atomic mass is 9.55. The SMILES string of the molecule is CC(C1CC1)N1C(=O)C2C3c4ccccc4C(c4ccccc43)C2C1=O. The highest BCUT2D eigenvalue weighted by atomic mass is 16.2. The van der Waals surface area contributed by atoms with Crippen LogP contribution in [-0.2, 0) is 9.59 Å². The van der Waals surface area contributed by atoms with E-state index in [1.54, 1.807) is 4.90 Å². The van der Waals surface area contributed by atoms with Crippen molar-refractivity contribution < 1.29 is 9.59 Å². The molecule has 1 heterocycles. The first-order valence-electron chi connectivity index (χ1n) is 9.73. The molecule has 7 rings (SSSR count). The van der Waals surface area contributed by atoms with E-state index >= 15 is 0 Å².